The Balaban J connectivity index is 1.71. The molecule has 6 nitrogen and oxygen atoms in total. The first-order valence-electron chi connectivity index (χ1n) is 9.23. The van der Waals surface area contributed by atoms with E-state index in [1.54, 1.807) is 42.5 Å². The van der Waals surface area contributed by atoms with Crippen LogP contribution < -0.4 is 0 Å². The summed E-state index contributed by atoms with van der Waals surface area (Å²) in [5, 5.41) is 0. The van der Waals surface area contributed by atoms with Crippen molar-refractivity contribution in [3.63, 3.8) is 0 Å². The number of piperidine rings is 1. The number of hydrogen-bond donors (Lipinski definition) is 0. The predicted molar refractivity (Wildman–Crippen MR) is 104 cm³/mol. The van der Waals surface area contributed by atoms with Gasteiger partial charge in [0, 0.05) is 44.6 Å². The van der Waals surface area contributed by atoms with Gasteiger partial charge in [-0.25, -0.2) is 8.42 Å². The lowest BCUT2D eigenvalue weighted by molar-refractivity contribution is 0.0796. The minimum absolute atomic E-state index is 0.181. The van der Waals surface area contributed by atoms with Crippen molar-refractivity contribution in [1.29, 1.82) is 0 Å². The van der Waals surface area contributed by atoms with E-state index in [0.717, 1.165) is 31.2 Å². The van der Waals surface area contributed by atoms with Crippen LogP contribution in [0.4, 0.5) is 0 Å². The molecule has 0 spiro atoms. The van der Waals surface area contributed by atoms with Crippen LogP contribution in [0.1, 0.15) is 35.2 Å². The zero-order valence-electron chi connectivity index (χ0n) is 15.5. The lowest BCUT2D eigenvalue weighted by Gasteiger charge is -2.26. The van der Waals surface area contributed by atoms with E-state index in [1.165, 1.54) is 10.4 Å². The van der Waals surface area contributed by atoms with E-state index in [-0.39, 0.29) is 10.8 Å². The Kier molecular flexibility index (Phi) is 6.23. The summed E-state index contributed by atoms with van der Waals surface area (Å²) >= 11 is 0. The van der Waals surface area contributed by atoms with Gasteiger partial charge < -0.3 is 4.90 Å². The molecule has 1 saturated heterocycles. The molecule has 0 N–H and O–H groups in total. The first-order chi connectivity index (χ1) is 13.0. The molecule has 1 amide bonds. The van der Waals surface area contributed by atoms with E-state index in [9.17, 15) is 13.2 Å². The highest BCUT2D eigenvalue weighted by Gasteiger charge is 2.26. The Morgan fingerprint density at radius 2 is 1.81 bits per heavy atom. The Bertz CT molecular complexity index is 878. The van der Waals surface area contributed by atoms with Crippen molar-refractivity contribution in [1.82, 2.24) is 14.2 Å². The van der Waals surface area contributed by atoms with E-state index in [2.05, 4.69) is 4.98 Å². The number of hydrogen-bond acceptors (Lipinski definition) is 4. The van der Waals surface area contributed by atoms with Gasteiger partial charge in [0.25, 0.3) is 5.91 Å². The first-order valence-corrected chi connectivity index (χ1v) is 10.7. The lowest BCUT2D eigenvalue weighted by Crippen LogP contribution is -2.35. The molecule has 7 heteroatoms. The van der Waals surface area contributed by atoms with Crippen LogP contribution in [0.3, 0.4) is 0 Å². The van der Waals surface area contributed by atoms with Crippen LogP contribution in [0.25, 0.3) is 0 Å². The second-order valence-electron chi connectivity index (χ2n) is 6.82. The van der Waals surface area contributed by atoms with Crippen molar-refractivity contribution >= 4 is 15.9 Å². The summed E-state index contributed by atoms with van der Waals surface area (Å²) in [6.45, 7) is 1.64. The third-order valence-corrected chi connectivity index (χ3v) is 6.76. The van der Waals surface area contributed by atoms with E-state index in [4.69, 9.17) is 0 Å². The number of aromatic nitrogens is 1. The van der Waals surface area contributed by atoms with Gasteiger partial charge in [0.2, 0.25) is 10.0 Å². The summed E-state index contributed by atoms with van der Waals surface area (Å²) in [5.74, 6) is -0.181. The number of likely N-dealkylation sites (N-methyl/N-ethyl adjacent to an activating group) is 1. The molecule has 0 saturated carbocycles. The van der Waals surface area contributed by atoms with Crippen LogP contribution in [0.5, 0.6) is 0 Å². The molecule has 1 aliphatic rings. The molecular weight excluding hydrogens is 362 g/mol. The highest BCUT2D eigenvalue weighted by Crippen LogP contribution is 2.21. The van der Waals surface area contributed by atoms with Gasteiger partial charge in [-0.15, -0.1) is 0 Å². The minimum atomic E-state index is -3.54. The Labute approximate surface area is 160 Å². The van der Waals surface area contributed by atoms with Gasteiger partial charge in [0.05, 0.1) is 4.90 Å². The number of carbonyl (C=O) groups excluding carboxylic acids is 1. The number of nitrogens with zero attached hydrogens (tertiary/aromatic N) is 3. The second-order valence-corrected chi connectivity index (χ2v) is 8.76. The van der Waals surface area contributed by atoms with Crippen molar-refractivity contribution in [2.45, 2.75) is 30.6 Å². The summed E-state index contributed by atoms with van der Waals surface area (Å²) in [6, 6.07) is 10.2. The number of carbonyl (C=O) groups is 1. The summed E-state index contributed by atoms with van der Waals surface area (Å²) in [4.78, 5) is 18.5. The largest absolute Gasteiger partial charge is 0.341 e. The minimum Gasteiger partial charge on any atom is -0.341 e. The molecule has 0 unspecified atom stereocenters. The molecule has 0 atom stereocenters. The van der Waals surface area contributed by atoms with Crippen molar-refractivity contribution in [3.05, 3.63) is 59.9 Å². The fourth-order valence-corrected chi connectivity index (χ4v) is 4.78. The van der Waals surface area contributed by atoms with Crippen LogP contribution in [-0.2, 0) is 16.4 Å². The van der Waals surface area contributed by atoms with Gasteiger partial charge in [-0.1, -0.05) is 12.5 Å². The molecule has 1 aliphatic heterocycles. The summed E-state index contributed by atoms with van der Waals surface area (Å²) in [5.41, 5.74) is 1.50. The van der Waals surface area contributed by atoms with Crippen molar-refractivity contribution in [2.75, 3.05) is 26.7 Å². The molecule has 1 fully saturated rings. The maximum atomic E-state index is 12.8. The third-order valence-electron chi connectivity index (χ3n) is 4.87. The number of rotatable bonds is 6. The van der Waals surface area contributed by atoms with Gasteiger partial charge in [-0.3, -0.25) is 9.78 Å². The van der Waals surface area contributed by atoms with Crippen molar-refractivity contribution < 1.29 is 13.2 Å². The zero-order chi connectivity index (χ0) is 19.3. The predicted octanol–water partition coefficient (Wildman–Crippen LogP) is 2.57. The molecule has 0 bridgehead atoms. The van der Waals surface area contributed by atoms with Gasteiger partial charge in [-0.05, 0) is 55.2 Å². The molecule has 2 aromatic rings. The molecule has 2 heterocycles. The molecule has 144 valence electrons. The maximum Gasteiger partial charge on any atom is 0.253 e. The highest BCUT2D eigenvalue weighted by atomic mass is 32.2. The summed E-state index contributed by atoms with van der Waals surface area (Å²) in [6.07, 6.45) is 7.01. The highest BCUT2D eigenvalue weighted by molar-refractivity contribution is 7.89. The number of pyridine rings is 1. The average Bonchev–Trinajstić information content (AvgIpc) is 2.73. The van der Waals surface area contributed by atoms with Crippen molar-refractivity contribution in [2.24, 2.45) is 0 Å². The quantitative estimate of drug-likeness (QED) is 0.764. The van der Waals surface area contributed by atoms with Crippen molar-refractivity contribution in [3.8, 4) is 0 Å². The number of benzene rings is 1. The Morgan fingerprint density at radius 3 is 2.52 bits per heavy atom. The Morgan fingerprint density at radius 1 is 1.11 bits per heavy atom. The van der Waals surface area contributed by atoms with Crippen LogP contribution in [0.2, 0.25) is 0 Å². The average molecular weight is 388 g/mol. The molecule has 27 heavy (non-hydrogen) atoms. The first kappa shape index (κ1) is 19.5. The molecule has 1 aromatic heterocycles. The standard InChI is InChI=1S/C20H25N3O3S/c1-22(15-10-17-8-11-21-12-9-17)20(24)18-6-5-7-19(16-18)27(25,26)23-13-3-2-4-14-23/h5-9,11-12,16H,2-4,10,13-15H2,1H3. The van der Waals surface area contributed by atoms with Crippen LogP contribution >= 0.6 is 0 Å². The molecule has 3 rings (SSSR count). The SMILES string of the molecule is CN(CCc1ccncc1)C(=O)c1cccc(S(=O)(=O)N2CCCCC2)c1. The fourth-order valence-electron chi connectivity index (χ4n) is 3.21. The second kappa shape index (κ2) is 8.63. The van der Waals surface area contributed by atoms with Crippen LogP contribution in [0.15, 0.2) is 53.7 Å². The third kappa shape index (κ3) is 4.73. The van der Waals surface area contributed by atoms with Gasteiger partial charge >= 0.3 is 0 Å². The van der Waals surface area contributed by atoms with E-state index in [0.29, 0.717) is 25.2 Å². The van der Waals surface area contributed by atoms with E-state index in [1.807, 2.05) is 12.1 Å². The molecular formula is C20H25N3O3S. The van der Waals surface area contributed by atoms with Gasteiger partial charge in [0.1, 0.15) is 0 Å². The summed E-state index contributed by atoms with van der Waals surface area (Å²) < 4.78 is 27.2. The Hall–Kier alpha value is -2.25. The smallest absolute Gasteiger partial charge is 0.253 e. The summed E-state index contributed by atoms with van der Waals surface area (Å²) in [7, 11) is -1.81. The van der Waals surface area contributed by atoms with E-state index >= 15 is 0 Å². The van der Waals surface area contributed by atoms with E-state index < -0.39 is 10.0 Å². The normalized spacial score (nSPS) is 15.4. The fraction of sp³-hybridized carbons (Fsp3) is 0.400. The maximum absolute atomic E-state index is 12.8. The van der Waals surface area contributed by atoms with Gasteiger partial charge in [0.15, 0.2) is 0 Å². The number of amides is 1. The number of sulfonamides is 1. The molecule has 0 aliphatic carbocycles. The molecule has 1 aromatic carbocycles. The zero-order valence-corrected chi connectivity index (χ0v) is 16.4. The lowest BCUT2D eigenvalue weighted by atomic mass is 10.1. The molecule has 0 radical (unpaired) electrons. The van der Waals surface area contributed by atoms with Gasteiger partial charge in [-0.2, -0.15) is 4.31 Å². The monoisotopic (exact) mass is 387 g/mol. The van der Waals surface area contributed by atoms with Crippen LogP contribution in [-0.4, -0.2) is 55.2 Å². The van der Waals surface area contributed by atoms with Crippen LogP contribution in [0, 0.1) is 0 Å². The topological polar surface area (TPSA) is 70.6 Å².